The lowest BCUT2D eigenvalue weighted by Gasteiger charge is -2.29. The molecule has 10 heteroatoms. The molecule has 0 heterocycles. The molecule has 0 aliphatic heterocycles. The van der Waals surface area contributed by atoms with E-state index in [4.69, 9.17) is 19.9 Å². The van der Waals surface area contributed by atoms with E-state index in [2.05, 4.69) is 6.92 Å². The molecule has 0 spiro atoms. The zero-order valence-corrected chi connectivity index (χ0v) is 19.9. The smallest absolute Gasteiger partial charge is 0.304 e. The van der Waals surface area contributed by atoms with Crippen molar-refractivity contribution in [1.82, 2.24) is 4.90 Å². The summed E-state index contributed by atoms with van der Waals surface area (Å²) in [5.41, 5.74) is 0. The molecule has 0 saturated carbocycles. The maximum atomic E-state index is 9.83. The Morgan fingerprint density at radius 3 is 1.61 bits per heavy atom. The Balaban J connectivity index is 0. The van der Waals surface area contributed by atoms with Crippen LogP contribution in [0.15, 0.2) is 0 Å². The molecule has 0 bridgehead atoms. The Labute approximate surface area is 188 Å². The number of aliphatic carboxylic acids is 1. The first kappa shape index (κ1) is 32.4. The van der Waals surface area contributed by atoms with Crippen LogP contribution in [0.25, 0.3) is 0 Å². The third kappa shape index (κ3) is 25.4. The standard InChI is InChI=1S/C18H39NO3.C3H6O5S/c1-2-3-4-5-6-7-8-9-10-11-12-18(17-22)19(13-15-20)14-16-21;4-3(5)1-2-9(6,7)8/h18,20-22H,2-17H2,1H3;1-2H2,(H,4,5)(H,6,7,8). The van der Waals surface area contributed by atoms with E-state index < -0.39 is 28.3 Å². The third-order valence-corrected chi connectivity index (χ3v) is 5.69. The summed E-state index contributed by atoms with van der Waals surface area (Å²) in [6.07, 6.45) is 13.5. The summed E-state index contributed by atoms with van der Waals surface area (Å²) in [6, 6.07) is 0.0772. The maximum absolute atomic E-state index is 9.83. The van der Waals surface area contributed by atoms with E-state index in [-0.39, 0.29) is 25.9 Å². The Morgan fingerprint density at radius 1 is 0.839 bits per heavy atom. The van der Waals surface area contributed by atoms with Gasteiger partial charge in [0.1, 0.15) is 0 Å². The topological polar surface area (TPSA) is 156 Å². The van der Waals surface area contributed by atoms with Crippen molar-refractivity contribution >= 4 is 16.1 Å². The van der Waals surface area contributed by atoms with Gasteiger partial charge in [-0.2, -0.15) is 8.42 Å². The van der Waals surface area contributed by atoms with Crippen LogP contribution in [-0.2, 0) is 14.9 Å². The molecule has 0 aliphatic rings. The molecular weight excluding hydrogens is 426 g/mol. The first-order valence-electron chi connectivity index (χ1n) is 11.4. The fourth-order valence-electron chi connectivity index (χ4n) is 3.21. The Morgan fingerprint density at radius 2 is 1.29 bits per heavy atom. The van der Waals surface area contributed by atoms with Gasteiger partial charge in [0.15, 0.2) is 0 Å². The Bertz CT molecular complexity index is 496. The van der Waals surface area contributed by atoms with Gasteiger partial charge in [-0.1, -0.05) is 71.1 Å². The second-order valence-electron chi connectivity index (χ2n) is 7.72. The molecule has 9 nitrogen and oxygen atoms in total. The van der Waals surface area contributed by atoms with E-state index in [1.54, 1.807) is 0 Å². The van der Waals surface area contributed by atoms with Crippen molar-refractivity contribution in [2.24, 2.45) is 0 Å². The van der Waals surface area contributed by atoms with Gasteiger partial charge in [0.05, 0.1) is 32.0 Å². The summed E-state index contributed by atoms with van der Waals surface area (Å²) >= 11 is 0. The van der Waals surface area contributed by atoms with Gasteiger partial charge in [-0.25, -0.2) is 0 Å². The molecule has 0 fully saturated rings. The fourth-order valence-corrected chi connectivity index (χ4v) is 3.64. The molecule has 0 aromatic rings. The Hall–Kier alpha value is -0.780. The van der Waals surface area contributed by atoms with Crippen molar-refractivity contribution in [2.45, 2.75) is 90.0 Å². The maximum Gasteiger partial charge on any atom is 0.304 e. The van der Waals surface area contributed by atoms with Crippen LogP contribution in [0.2, 0.25) is 0 Å². The van der Waals surface area contributed by atoms with Crippen LogP contribution < -0.4 is 0 Å². The molecule has 0 aliphatic carbocycles. The molecule has 0 radical (unpaired) electrons. The predicted octanol–water partition coefficient (Wildman–Crippen LogP) is 2.29. The lowest BCUT2D eigenvalue weighted by atomic mass is 10.0. The molecule has 0 rings (SSSR count). The minimum atomic E-state index is -4.10. The third-order valence-electron chi connectivity index (χ3n) is 4.97. The van der Waals surface area contributed by atoms with Crippen LogP contribution in [0.3, 0.4) is 0 Å². The van der Waals surface area contributed by atoms with Crippen LogP contribution >= 0.6 is 0 Å². The number of unbranched alkanes of at least 4 members (excludes halogenated alkanes) is 9. The summed E-state index contributed by atoms with van der Waals surface area (Å²) in [4.78, 5) is 11.7. The normalized spacial score (nSPS) is 12.5. The number of rotatable bonds is 20. The van der Waals surface area contributed by atoms with E-state index in [0.29, 0.717) is 13.1 Å². The van der Waals surface area contributed by atoms with Gasteiger partial charge in [-0.3, -0.25) is 14.2 Å². The van der Waals surface area contributed by atoms with Crippen molar-refractivity contribution in [1.29, 1.82) is 0 Å². The number of carboxylic acids is 1. The quantitative estimate of drug-likeness (QED) is 0.133. The Kier molecular flexibility index (Phi) is 23.4. The largest absolute Gasteiger partial charge is 0.481 e. The van der Waals surface area contributed by atoms with E-state index in [0.717, 1.165) is 12.8 Å². The molecule has 1 unspecified atom stereocenters. The monoisotopic (exact) mass is 471 g/mol. The van der Waals surface area contributed by atoms with E-state index >= 15 is 0 Å². The molecule has 0 aromatic heterocycles. The van der Waals surface area contributed by atoms with Crippen molar-refractivity contribution in [3.63, 3.8) is 0 Å². The second kappa shape index (κ2) is 22.4. The summed E-state index contributed by atoms with van der Waals surface area (Å²) < 4.78 is 27.6. The van der Waals surface area contributed by atoms with Crippen LogP contribution in [0.5, 0.6) is 0 Å². The van der Waals surface area contributed by atoms with Crippen LogP contribution in [0, 0.1) is 0 Å². The zero-order valence-electron chi connectivity index (χ0n) is 19.1. The molecule has 188 valence electrons. The SMILES string of the molecule is CCCCCCCCCCCCC(CO)N(CCO)CCO.O=C(O)CCS(=O)(=O)O. The summed E-state index contributed by atoms with van der Waals surface area (Å²) in [6.45, 7) is 3.58. The van der Waals surface area contributed by atoms with Gasteiger partial charge in [-0.15, -0.1) is 0 Å². The van der Waals surface area contributed by atoms with Crippen LogP contribution in [-0.4, -0.2) is 89.0 Å². The van der Waals surface area contributed by atoms with E-state index in [9.17, 15) is 18.3 Å². The predicted molar refractivity (Wildman–Crippen MR) is 122 cm³/mol. The van der Waals surface area contributed by atoms with Gasteiger partial charge in [0.2, 0.25) is 0 Å². The van der Waals surface area contributed by atoms with Gasteiger partial charge < -0.3 is 20.4 Å². The van der Waals surface area contributed by atoms with E-state index in [1.807, 2.05) is 4.90 Å². The summed E-state index contributed by atoms with van der Waals surface area (Å²) in [5, 5.41) is 35.5. The van der Waals surface area contributed by atoms with Crippen molar-refractivity contribution < 1.29 is 38.2 Å². The number of nitrogens with zero attached hydrogens (tertiary/aromatic N) is 1. The highest BCUT2D eigenvalue weighted by Crippen LogP contribution is 2.14. The minimum absolute atomic E-state index is 0.0772. The molecule has 31 heavy (non-hydrogen) atoms. The zero-order chi connectivity index (χ0) is 24.0. The molecule has 0 amide bonds. The molecule has 0 aromatic carbocycles. The van der Waals surface area contributed by atoms with Crippen LogP contribution in [0.4, 0.5) is 0 Å². The number of hydrogen-bond acceptors (Lipinski definition) is 7. The summed E-state index contributed by atoms with van der Waals surface area (Å²) in [7, 11) is -4.10. The second-order valence-corrected chi connectivity index (χ2v) is 9.29. The number of aliphatic hydroxyl groups excluding tert-OH is 3. The molecule has 0 saturated heterocycles. The van der Waals surface area contributed by atoms with Gasteiger partial charge >= 0.3 is 5.97 Å². The highest BCUT2D eigenvalue weighted by atomic mass is 32.2. The first-order chi connectivity index (χ1) is 14.7. The lowest BCUT2D eigenvalue weighted by Crippen LogP contribution is -2.41. The average molecular weight is 472 g/mol. The molecule has 1 atom stereocenters. The number of carboxylic acid groups (broad SMARTS) is 1. The van der Waals surface area contributed by atoms with Gasteiger partial charge in [-0.05, 0) is 6.42 Å². The summed E-state index contributed by atoms with van der Waals surface area (Å²) in [5.74, 6) is -1.96. The first-order valence-corrected chi connectivity index (χ1v) is 13.1. The van der Waals surface area contributed by atoms with Crippen molar-refractivity contribution in [2.75, 3.05) is 38.7 Å². The highest BCUT2D eigenvalue weighted by molar-refractivity contribution is 7.85. The molecule has 5 N–H and O–H groups in total. The number of carbonyl (C=O) groups is 1. The highest BCUT2D eigenvalue weighted by Gasteiger charge is 2.16. The van der Waals surface area contributed by atoms with E-state index in [1.165, 1.54) is 57.8 Å². The minimum Gasteiger partial charge on any atom is -0.481 e. The fraction of sp³-hybridized carbons (Fsp3) is 0.952. The lowest BCUT2D eigenvalue weighted by molar-refractivity contribution is -0.136. The van der Waals surface area contributed by atoms with Crippen LogP contribution in [0.1, 0.15) is 84.0 Å². The van der Waals surface area contributed by atoms with Gasteiger partial charge in [0, 0.05) is 19.1 Å². The van der Waals surface area contributed by atoms with Gasteiger partial charge in [0.25, 0.3) is 10.1 Å². The number of hydrogen-bond donors (Lipinski definition) is 5. The molecular formula is C21H45NO8S. The van der Waals surface area contributed by atoms with Crippen molar-refractivity contribution in [3.05, 3.63) is 0 Å². The number of aliphatic hydroxyl groups is 3. The average Bonchev–Trinajstić information content (AvgIpc) is 2.71. The van der Waals surface area contributed by atoms with Crippen molar-refractivity contribution in [3.8, 4) is 0 Å².